The summed E-state index contributed by atoms with van der Waals surface area (Å²) in [7, 11) is 3.05. The Hall–Kier alpha value is -3.84. The Labute approximate surface area is 197 Å². The first-order valence-electron chi connectivity index (χ1n) is 10.1. The van der Waals surface area contributed by atoms with Crippen molar-refractivity contribution < 1.29 is 18.4 Å². The van der Waals surface area contributed by atoms with E-state index < -0.39 is 22.4 Å². The van der Waals surface area contributed by atoms with Crippen molar-refractivity contribution in [1.29, 1.82) is 0 Å². The predicted molar refractivity (Wildman–Crippen MR) is 122 cm³/mol. The Morgan fingerprint density at radius 1 is 1.03 bits per heavy atom. The van der Waals surface area contributed by atoms with Gasteiger partial charge in [-0.15, -0.1) is 10.2 Å². The molecule has 0 aliphatic carbocycles. The molecular formula is C21H21FN8O3S. The zero-order chi connectivity index (χ0) is 24.1. The lowest BCUT2D eigenvalue weighted by molar-refractivity contribution is 0.391. The Balaban J connectivity index is 1.73. The van der Waals surface area contributed by atoms with Crippen LogP contribution in [0.2, 0.25) is 0 Å². The molecule has 2 unspecified atom stereocenters. The van der Waals surface area contributed by atoms with E-state index in [1.807, 2.05) is 0 Å². The summed E-state index contributed by atoms with van der Waals surface area (Å²) in [4.78, 5) is 16.4. The first-order chi connectivity index (χ1) is 16.5. The first-order valence-corrected chi connectivity index (χ1v) is 11.3. The van der Waals surface area contributed by atoms with E-state index in [9.17, 15) is 8.94 Å². The third-order valence-corrected chi connectivity index (χ3v) is 6.04. The molecule has 4 rings (SSSR count). The van der Waals surface area contributed by atoms with Gasteiger partial charge in [0.2, 0.25) is 5.82 Å². The van der Waals surface area contributed by atoms with E-state index >= 15 is 0 Å². The fraction of sp³-hybridized carbons (Fsp3) is 0.238. The van der Waals surface area contributed by atoms with Gasteiger partial charge in [0.15, 0.2) is 11.6 Å². The third-order valence-electron chi connectivity index (χ3n) is 4.76. The molecule has 4 aromatic rings. The van der Waals surface area contributed by atoms with Gasteiger partial charge in [0, 0.05) is 12.4 Å². The quantitative estimate of drug-likeness (QED) is 0.353. The molecule has 0 saturated carbocycles. The summed E-state index contributed by atoms with van der Waals surface area (Å²) >= 11 is -1.64. The van der Waals surface area contributed by atoms with Crippen LogP contribution >= 0.6 is 0 Å². The van der Waals surface area contributed by atoms with E-state index in [2.05, 4.69) is 34.9 Å². The molecular weight excluding hydrogens is 463 g/mol. The summed E-state index contributed by atoms with van der Waals surface area (Å²) in [5.74, 6) is 1.53. The number of benzene rings is 1. The number of nitrogens with zero attached hydrogens (tertiary/aromatic N) is 7. The van der Waals surface area contributed by atoms with Gasteiger partial charge in [-0.1, -0.05) is 6.07 Å². The summed E-state index contributed by atoms with van der Waals surface area (Å²) in [6.45, 7) is 1.75. The van der Waals surface area contributed by atoms with Crippen molar-refractivity contribution in [2.24, 2.45) is 0 Å². The van der Waals surface area contributed by atoms with Crippen molar-refractivity contribution in [1.82, 2.24) is 34.7 Å². The van der Waals surface area contributed by atoms with Crippen molar-refractivity contribution in [2.45, 2.75) is 18.6 Å². The zero-order valence-corrected chi connectivity index (χ0v) is 19.4. The lowest BCUT2D eigenvalue weighted by atomic mass is 10.2. The molecule has 0 fully saturated rings. The molecule has 13 heteroatoms. The maximum absolute atomic E-state index is 13.1. The van der Waals surface area contributed by atoms with E-state index in [4.69, 9.17) is 9.47 Å². The minimum absolute atomic E-state index is 0.162. The number of nitrogens with one attached hydrogen (secondary N) is 1. The summed E-state index contributed by atoms with van der Waals surface area (Å²) in [5, 5.41) is 7.99. The number of ether oxygens (including phenoxy) is 2. The third kappa shape index (κ3) is 4.89. The number of halogens is 1. The minimum atomic E-state index is -1.64. The minimum Gasteiger partial charge on any atom is -0.593 e. The van der Waals surface area contributed by atoms with Gasteiger partial charge in [0.05, 0.1) is 44.4 Å². The molecule has 0 spiro atoms. The van der Waals surface area contributed by atoms with Gasteiger partial charge in [0.25, 0.3) is 5.95 Å². The van der Waals surface area contributed by atoms with E-state index in [1.54, 1.807) is 48.1 Å². The van der Waals surface area contributed by atoms with Gasteiger partial charge in [-0.3, -0.25) is 0 Å². The monoisotopic (exact) mass is 484 g/mol. The number of anilines is 1. The molecule has 3 heterocycles. The summed E-state index contributed by atoms with van der Waals surface area (Å²) in [6, 6.07) is 6.97. The molecule has 34 heavy (non-hydrogen) atoms. The highest BCUT2D eigenvalue weighted by atomic mass is 32.2. The molecule has 0 saturated heterocycles. The van der Waals surface area contributed by atoms with Crippen molar-refractivity contribution >= 4 is 17.3 Å². The molecule has 0 bridgehead atoms. The van der Waals surface area contributed by atoms with Crippen LogP contribution < -0.4 is 14.2 Å². The van der Waals surface area contributed by atoms with Crippen LogP contribution in [0.4, 0.5) is 10.3 Å². The highest BCUT2D eigenvalue weighted by Gasteiger charge is 2.28. The maximum Gasteiger partial charge on any atom is 0.271 e. The van der Waals surface area contributed by atoms with Crippen molar-refractivity contribution in [3.63, 3.8) is 0 Å². The average molecular weight is 485 g/mol. The van der Waals surface area contributed by atoms with Crippen LogP contribution in [0.25, 0.3) is 17.3 Å². The Bertz CT molecular complexity index is 1220. The van der Waals surface area contributed by atoms with E-state index in [0.29, 0.717) is 28.8 Å². The molecule has 0 aliphatic rings. The zero-order valence-electron chi connectivity index (χ0n) is 18.5. The molecule has 0 radical (unpaired) electrons. The fourth-order valence-corrected chi connectivity index (χ4v) is 3.96. The van der Waals surface area contributed by atoms with Gasteiger partial charge in [-0.05, 0) is 25.1 Å². The molecule has 0 amide bonds. The number of hydrogen-bond acceptors (Lipinski definition) is 10. The van der Waals surface area contributed by atoms with Crippen LogP contribution in [0.5, 0.6) is 11.5 Å². The van der Waals surface area contributed by atoms with Crippen molar-refractivity contribution in [3.8, 4) is 28.8 Å². The van der Waals surface area contributed by atoms with E-state index in [0.717, 1.165) is 12.4 Å². The lowest BCUT2D eigenvalue weighted by Crippen LogP contribution is -2.29. The van der Waals surface area contributed by atoms with Crippen LogP contribution in [0.1, 0.15) is 12.7 Å². The Morgan fingerprint density at radius 2 is 1.68 bits per heavy atom. The number of hydrogen-bond donors (Lipinski definition) is 1. The van der Waals surface area contributed by atoms with Crippen LogP contribution in [0.3, 0.4) is 0 Å². The number of para-hydroxylation sites is 1. The van der Waals surface area contributed by atoms with Crippen LogP contribution in [-0.2, 0) is 17.8 Å². The predicted octanol–water partition coefficient (Wildman–Crippen LogP) is 2.38. The topological polar surface area (TPSA) is 136 Å². The highest BCUT2D eigenvalue weighted by molar-refractivity contribution is 7.93. The molecule has 3 aromatic heterocycles. The average Bonchev–Trinajstić information content (AvgIpc) is 3.28. The number of methoxy groups -OCH3 is 2. The molecule has 0 aliphatic heterocycles. The number of aromatic nitrogens is 7. The van der Waals surface area contributed by atoms with E-state index in [-0.39, 0.29) is 18.2 Å². The molecule has 2 atom stereocenters. The maximum atomic E-state index is 13.1. The van der Waals surface area contributed by atoms with Gasteiger partial charge in [0.1, 0.15) is 28.3 Å². The van der Waals surface area contributed by atoms with Gasteiger partial charge in [-0.2, -0.15) is 4.72 Å². The SMILES string of the molecule is COc1cccc(OC)c1-n1c(N[S+]([O-])C(C)Cc2ncc(F)cn2)nnc1-c1ncccn1. The Kier molecular flexibility index (Phi) is 7.13. The summed E-state index contributed by atoms with van der Waals surface area (Å²) < 4.78 is 41.8. The van der Waals surface area contributed by atoms with Crippen molar-refractivity contribution in [3.05, 3.63) is 60.7 Å². The molecule has 1 N–H and O–H groups in total. The smallest absolute Gasteiger partial charge is 0.271 e. The normalized spacial score (nSPS) is 12.7. The van der Waals surface area contributed by atoms with Gasteiger partial charge < -0.3 is 14.0 Å². The fourth-order valence-electron chi connectivity index (χ4n) is 3.14. The molecule has 176 valence electrons. The first kappa shape index (κ1) is 23.3. The van der Waals surface area contributed by atoms with Gasteiger partial charge >= 0.3 is 0 Å². The van der Waals surface area contributed by atoms with Crippen LogP contribution in [0.15, 0.2) is 49.1 Å². The standard InChI is InChI=1S/C21H21FN8O3S/c1-13(10-17-25-11-14(22)12-26-17)34(31)29-21-28-27-20(19-23-8-5-9-24-19)30(21)18-15(32-2)6-4-7-16(18)33-3/h4-9,11-13H,10H2,1-3H3,(H,28,29). The summed E-state index contributed by atoms with van der Waals surface area (Å²) in [6.07, 6.45) is 5.55. The summed E-state index contributed by atoms with van der Waals surface area (Å²) in [5.41, 5.74) is 0.481. The molecule has 11 nitrogen and oxygen atoms in total. The van der Waals surface area contributed by atoms with Gasteiger partial charge in [-0.25, -0.2) is 28.9 Å². The second-order valence-electron chi connectivity index (χ2n) is 7.00. The Morgan fingerprint density at radius 3 is 2.29 bits per heavy atom. The highest BCUT2D eigenvalue weighted by Crippen LogP contribution is 2.37. The second kappa shape index (κ2) is 10.4. The largest absolute Gasteiger partial charge is 0.593 e. The lowest BCUT2D eigenvalue weighted by Gasteiger charge is -2.20. The van der Waals surface area contributed by atoms with Crippen LogP contribution in [-0.4, -0.2) is 58.7 Å². The molecule has 1 aromatic carbocycles. The van der Waals surface area contributed by atoms with E-state index in [1.165, 1.54) is 14.2 Å². The second-order valence-corrected chi connectivity index (χ2v) is 8.60. The van der Waals surface area contributed by atoms with Crippen LogP contribution in [0, 0.1) is 5.82 Å². The van der Waals surface area contributed by atoms with Crippen molar-refractivity contribution in [2.75, 3.05) is 18.9 Å². The number of rotatable bonds is 9.